The van der Waals surface area contributed by atoms with Crippen LogP contribution < -0.4 is 14.9 Å². The summed E-state index contributed by atoms with van der Waals surface area (Å²) in [4.78, 5) is 31.8. The Morgan fingerprint density at radius 2 is 1.74 bits per heavy atom. The van der Waals surface area contributed by atoms with Crippen LogP contribution in [0.1, 0.15) is 62.9 Å². The second-order valence-corrected chi connectivity index (χ2v) is 10.6. The molecule has 0 N–H and O–H groups in total. The number of nitrogens with zero attached hydrogens (tertiary/aromatic N) is 2. The number of aryl methyl sites for hydroxylation is 1. The highest BCUT2D eigenvalue weighted by atomic mass is 32.1. The van der Waals surface area contributed by atoms with Crippen LogP contribution in [0.25, 0.3) is 6.08 Å². The number of fused-ring (bicyclic) bond motifs is 1. The third-order valence-corrected chi connectivity index (χ3v) is 6.97. The molecule has 0 saturated carbocycles. The number of ether oxygens (including phenoxy) is 1. The first-order valence-corrected chi connectivity index (χ1v) is 12.3. The fraction of sp³-hybridized carbons (Fsp3) is 0.321. The maximum atomic E-state index is 13.6. The summed E-state index contributed by atoms with van der Waals surface area (Å²) in [6, 6.07) is 15.6. The third kappa shape index (κ3) is 4.55. The Kier molecular flexibility index (Phi) is 6.45. The van der Waals surface area contributed by atoms with Gasteiger partial charge in [0.15, 0.2) is 4.80 Å². The maximum Gasteiger partial charge on any atom is 0.338 e. The van der Waals surface area contributed by atoms with E-state index in [4.69, 9.17) is 4.74 Å². The molecule has 0 bridgehead atoms. The van der Waals surface area contributed by atoms with Crippen LogP contribution >= 0.6 is 11.3 Å². The largest absolute Gasteiger partial charge is 0.463 e. The molecule has 1 aromatic heterocycles. The zero-order valence-electron chi connectivity index (χ0n) is 20.5. The van der Waals surface area contributed by atoms with Gasteiger partial charge in [0.05, 0.1) is 28.5 Å². The van der Waals surface area contributed by atoms with Crippen LogP contribution in [-0.4, -0.2) is 17.1 Å². The second kappa shape index (κ2) is 9.18. The van der Waals surface area contributed by atoms with Gasteiger partial charge >= 0.3 is 5.97 Å². The van der Waals surface area contributed by atoms with E-state index in [1.54, 1.807) is 18.4 Å². The van der Waals surface area contributed by atoms with E-state index in [1.165, 1.54) is 16.9 Å². The standard InChI is InChI=1S/C28H30N2O3S/c1-7-33-26(32)23-18(3)29-27-30(24(23)20-12-8-17(2)9-13-20)25(31)22(34-27)16-19-10-14-21(15-11-19)28(4,5)6/h8-16,24H,7H2,1-6H3/b22-16-. The quantitative estimate of drug-likeness (QED) is 0.527. The number of hydrogen-bond donors (Lipinski definition) is 0. The zero-order valence-corrected chi connectivity index (χ0v) is 21.3. The van der Waals surface area contributed by atoms with Crippen LogP contribution in [0.4, 0.5) is 0 Å². The van der Waals surface area contributed by atoms with Crippen molar-refractivity contribution in [3.63, 3.8) is 0 Å². The van der Waals surface area contributed by atoms with Crippen molar-refractivity contribution in [3.8, 4) is 0 Å². The Bertz CT molecular complexity index is 1430. The van der Waals surface area contributed by atoms with E-state index in [1.807, 2.05) is 49.4 Å². The van der Waals surface area contributed by atoms with Crippen LogP contribution in [0.3, 0.4) is 0 Å². The van der Waals surface area contributed by atoms with Gasteiger partial charge in [0, 0.05) is 0 Å². The number of thiazole rings is 1. The minimum absolute atomic E-state index is 0.0624. The first kappa shape index (κ1) is 23.9. The van der Waals surface area contributed by atoms with Crippen molar-refractivity contribution in [2.24, 2.45) is 4.99 Å². The summed E-state index contributed by atoms with van der Waals surface area (Å²) in [6.45, 7) is 12.4. The van der Waals surface area contributed by atoms with E-state index < -0.39 is 12.0 Å². The van der Waals surface area contributed by atoms with Gasteiger partial charge in [-0.25, -0.2) is 9.79 Å². The number of esters is 1. The van der Waals surface area contributed by atoms with Crippen LogP contribution in [0.15, 0.2) is 69.6 Å². The molecular formula is C28H30N2O3S. The van der Waals surface area contributed by atoms with Crippen molar-refractivity contribution in [2.75, 3.05) is 6.61 Å². The van der Waals surface area contributed by atoms with Crippen molar-refractivity contribution < 1.29 is 9.53 Å². The molecule has 0 spiro atoms. The molecule has 0 radical (unpaired) electrons. The minimum Gasteiger partial charge on any atom is -0.463 e. The second-order valence-electron chi connectivity index (χ2n) is 9.58. The molecule has 2 aromatic carbocycles. The van der Waals surface area contributed by atoms with Gasteiger partial charge in [-0.1, -0.05) is 86.2 Å². The van der Waals surface area contributed by atoms with E-state index in [9.17, 15) is 9.59 Å². The summed E-state index contributed by atoms with van der Waals surface area (Å²) in [5.74, 6) is -0.443. The number of allylic oxidation sites excluding steroid dienone is 1. The van der Waals surface area contributed by atoms with Gasteiger partial charge in [-0.2, -0.15) is 0 Å². The molecule has 2 heterocycles. The number of carbonyl (C=O) groups excluding carboxylic acids is 1. The molecule has 1 unspecified atom stereocenters. The number of carbonyl (C=O) groups is 1. The van der Waals surface area contributed by atoms with E-state index >= 15 is 0 Å². The molecule has 0 aliphatic carbocycles. The fourth-order valence-electron chi connectivity index (χ4n) is 4.09. The number of hydrogen-bond acceptors (Lipinski definition) is 5. The van der Waals surface area contributed by atoms with Crippen molar-refractivity contribution in [1.82, 2.24) is 4.57 Å². The average molecular weight is 475 g/mol. The highest BCUT2D eigenvalue weighted by Gasteiger charge is 2.33. The number of rotatable bonds is 4. The predicted molar refractivity (Wildman–Crippen MR) is 137 cm³/mol. The SMILES string of the molecule is CCOC(=O)C1=C(C)N=c2s/c(=C\c3ccc(C(C)(C)C)cc3)c(=O)n2C1c1ccc(C)cc1. The summed E-state index contributed by atoms with van der Waals surface area (Å²) in [7, 11) is 0. The van der Waals surface area contributed by atoms with Gasteiger partial charge in [-0.05, 0) is 49.0 Å². The van der Waals surface area contributed by atoms with Gasteiger partial charge in [-0.15, -0.1) is 0 Å². The summed E-state index contributed by atoms with van der Waals surface area (Å²) >= 11 is 1.34. The Hall–Kier alpha value is -3.25. The highest BCUT2D eigenvalue weighted by Crippen LogP contribution is 2.31. The van der Waals surface area contributed by atoms with E-state index in [0.29, 0.717) is 20.6 Å². The molecule has 0 amide bonds. The van der Waals surface area contributed by atoms with Gasteiger partial charge in [0.1, 0.15) is 0 Å². The number of aromatic nitrogens is 1. The third-order valence-electron chi connectivity index (χ3n) is 5.98. The predicted octanol–water partition coefficient (Wildman–Crippen LogP) is 4.40. The monoisotopic (exact) mass is 474 g/mol. The van der Waals surface area contributed by atoms with E-state index in [2.05, 4.69) is 37.9 Å². The lowest BCUT2D eigenvalue weighted by atomic mass is 9.87. The summed E-state index contributed by atoms with van der Waals surface area (Å²) in [6.07, 6.45) is 1.89. The average Bonchev–Trinajstić information content (AvgIpc) is 3.08. The van der Waals surface area contributed by atoms with Crippen molar-refractivity contribution in [1.29, 1.82) is 0 Å². The molecule has 1 atom stereocenters. The zero-order chi connectivity index (χ0) is 24.6. The van der Waals surface area contributed by atoms with Gasteiger partial charge in [0.25, 0.3) is 5.56 Å². The summed E-state index contributed by atoms with van der Waals surface area (Å²) < 4.78 is 7.56. The van der Waals surface area contributed by atoms with Gasteiger partial charge in [-0.3, -0.25) is 9.36 Å². The fourth-order valence-corrected chi connectivity index (χ4v) is 5.13. The first-order valence-electron chi connectivity index (χ1n) is 11.5. The molecule has 3 aromatic rings. The normalized spacial score (nSPS) is 16.3. The molecule has 6 heteroatoms. The molecule has 5 nitrogen and oxygen atoms in total. The molecular weight excluding hydrogens is 444 g/mol. The summed E-state index contributed by atoms with van der Waals surface area (Å²) in [5.41, 5.74) is 5.02. The molecule has 34 heavy (non-hydrogen) atoms. The van der Waals surface area contributed by atoms with Crippen LogP contribution in [0.2, 0.25) is 0 Å². The molecule has 176 valence electrons. The van der Waals surface area contributed by atoms with E-state index in [0.717, 1.165) is 16.7 Å². The van der Waals surface area contributed by atoms with E-state index in [-0.39, 0.29) is 17.6 Å². The highest BCUT2D eigenvalue weighted by molar-refractivity contribution is 7.07. The minimum atomic E-state index is -0.582. The lowest BCUT2D eigenvalue weighted by Crippen LogP contribution is -2.39. The molecule has 0 fully saturated rings. The lowest BCUT2D eigenvalue weighted by molar-refractivity contribution is -0.139. The Labute approximate surface area is 203 Å². The molecule has 1 aliphatic heterocycles. The topological polar surface area (TPSA) is 60.7 Å². The number of benzene rings is 2. The smallest absolute Gasteiger partial charge is 0.338 e. The Morgan fingerprint density at radius 3 is 2.32 bits per heavy atom. The van der Waals surface area contributed by atoms with Gasteiger partial charge < -0.3 is 4.74 Å². The molecule has 0 saturated heterocycles. The Balaban J connectivity index is 1.88. The lowest BCUT2D eigenvalue weighted by Gasteiger charge is -2.24. The van der Waals surface area contributed by atoms with Crippen LogP contribution in [0.5, 0.6) is 0 Å². The first-order chi connectivity index (χ1) is 16.1. The summed E-state index contributed by atoms with van der Waals surface area (Å²) in [5, 5.41) is 0. The van der Waals surface area contributed by atoms with Crippen molar-refractivity contribution in [3.05, 3.63) is 102 Å². The molecule has 1 aliphatic rings. The van der Waals surface area contributed by atoms with Crippen molar-refractivity contribution >= 4 is 23.4 Å². The van der Waals surface area contributed by atoms with Gasteiger partial charge in [0.2, 0.25) is 0 Å². The Morgan fingerprint density at radius 1 is 1.09 bits per heavy atom. The molecule has 4 rings (SSSR count). The maximum absolute atomic E-state index is 13.6. The van der Waals surface area contributed by atoms with Crippen LogP contribution in [-0.2, 0) is 14.9 Å². The van der Waals surface area contributed by atoms with Crippen molar-refractivity contribution in [2.45, 2.75) is 53.0 Å². The van der Waals surface area contributed by atoms with Crippen LogP contribution in [0, 0.1) is 6.92 Å².